The van der Waals surface area contributed by atoms with Crippen LogP contribution >= 0.6 is 15.9 Å². The van der Waals surface area contributed by atoms with Gasteiger partial charge in [0.25, 0.3) is 5.56 Å². The minimum Gasteiger partial charge on any atom is -0.465 e. The normalized spacial score (nSPS) is 16.8. The zero-order chi connectivity index (χ0) is 20.2. The maximum Gasteiger partial charge on any atom is 0.407 e. The van der Waals surface area contributed by atoms with Crippen molar-refractivity contribution in [1.29, 1.82) is 0 Å². The minimum atomic E-state index is -0.877. The number of carboxylic acid groups (broad SMARTS) is 1. The van der Waals surface area contributed by atoms with Crippen LogP contribution in [0, 0.1) is 6.92 Å². The second kappa shape index (κ2) is 6.92. The molecular weight excluding hydrogens is 424 g/mol. The maximum atomic E-state index is 13.2. The van der Waals surface area contributed by atoms with Gasteiger partial charge in [0, 0.05) is 30.9 Å². The number of imidazole rings is 1. The number of rotatable bonds is 2. The van der Waals surface area contributed by atoms with Crippen molar-refractivity contribution in [2.24, 2.45) is 7.05 Å². The van der Waals surface area contributed by atoms with Crippen LogP contribution in [-0.4, -0.2) is 43.1 Å². The van der Waals surface area contributed by atoms with Crippen LogP contribution in [0.5, 0.6) is 0 Å². The summed E-state index contributed by atoms with van der Waals surface area (Å²) in [5.74, 6) is 0.138. The van der Waals surface area contributed by atoms with Crippen molar-refractivity contribution in [1.82, 2.24) is 18.9 Å². The first kappa shape index (κ1) is 19.0. The number of likely N-dealkylation sites (tertiary alicyclic amines) is 1. The van der Waals surface area contributed by atoms with Gasteiger partial charge in [0.1, 0.15) is 12.0 Å². The summed E-state index contributed by atoms with van der Waals surface area (Å²) in [6.45, 7) is 5.03. The molecule has 4 rings (SSSR count). The Hall–Kier alpha value is -2.35. The molecule has 0 saturated carbocycles. The third-order valence-corrected chi connectivity index (χ3v) is 6.22. The van der Waals surface area contributed by atoms with E-state index in [1.807, 2.05) is 17.4 Å². The van der Waals surface area contributed by atoms with E-state index in [0.29, 0.717) is 31.3 Å². The van der Waals surface area contributed by atoms with Gasteiger partial charge in [-0.15, -0.1) is 0 Å². The second-order valence-electron chi connectivity index (χ2n) is 7.60. The highest BCUT2D eigenvalue weighted by molar-refractivity contribution is 9.09. The average Bonchev–Trinajstić information content (AvgIpc) is 3.10. The summed E-state index contributed by atoms with van der Waals surface area (Å²) in [5, 5.41) is 9.87. The van der Waals surface area contributed by atoms with E-state index in [0.717, 1.165) is 28.0 Å². The highest BCUT2D eigenvalue weighted by Crippen LogP contribution is 2.34. The van der Waals surface area contributed by atoms with Crippen LogP contribution in [0.2, 0.25) is 0 Å². The molecule has 1 fully saturated rings. The number of alkyl halides is 1. The first-order chi connectivity index (χ1) is 13.3. The van der Waals surface area contributed by atoms with Crippen LogP contribution in [0.15, 0.2) is 23.3 Å². The molecule has 0 bridgehead atoms. The van der Waals surface area contributed by atoms with Gasteiger partial charge >= 0.3 is 6.09 Å². The van der Waals surface area contributed by atoms with Crippen molar-refractivity contribution in [2.45, 2.75) is 37.4 Å². The summed E-state index contributed by atoms with van der Waals surface area (Å²) < 4.78 is 3.69. The van der Waals surface area contributed by atoms with Crippen LogP contribution < -0.4 is 5.56 Å². The Bertz CT molecular complexity index is 1140. The van der Waals surface area contributed by atoms with E-state index in [1.165, 1.54) is 4.90 Å². The van der Waals surface area contributed by atoms with Gasteiger partial charge in [-0.2, -0.15) is 0 Å². The number of amides is 1. The number of halogens is 1. The van der Waals surface area contributed by atoms with Crippen LogP contribution in [0.4, 0.5) is 4.79 Å². The van der Waals surface area contributed by atoms with Crippen LogP contribution in [0.3, 0.4) is 0 Å². The van der Waals surface area contributed by atoms with Crippen LogP contribution in [-0.2, 0) is 7.05 Å². The number of benzene rings is 1. The SMILES string of the molecule is Cc1cc([C@H](C)Br)c2c(c1)c(=O)n(C)c1c(C3CCN(C(=O)O)CC3)ncn21. The molecule has 1 saturated heterocycles. The lowest BCUT2D eigenvalue weighted by Gasteiger charge is -2.29. The van der Waals surface area contributed by atoms with Crippen LogP contribution in [0.25, 0.3) is 16.6 Å². The number of aryl methyl sites for hydroxylation is 2. The molecule has 28 heavy (non-hydrogen) atoms. The molecule has 2 aromatic heterocycles. The van der Waals surface area contributed by atoms with E-state index < -0.39 is 6.09 Å². The van der Waals surface area contributed by atoms with Gasteiger partial charge < -0.3 is 10.0 Å². The Labute approximate surface area is 170 Å². The van der Waals surface area contributed by atoms with Gasteiger partial charge in [0.15, 0.2) is 0 Å². The average molecular weight is 447 g/mol. The van der Waals surface area contributed by atoms with E-state index in [4.69, 9.17) is 0 Å². The molecule has 148 valence electrons. The molecule has 0 spiro atoms. The second-order valence-corrected chi connectivity index (χ2v) is 8.97. The Morgan fingerprint density at radius 3 is 2.61 bits per heavy atom. The fourth-order valence-corrected chi connectivity index (χ4v) is 4.65. The third-order valence-electron chi connectivity index (χ3n) is 5.73. The van der Waals surface area contributed by atoms with E-state index in [1.54, 1.807) is 17.9 Å². The molecule has 0 unspecified atom stereocenters. The molecule has 7 nitrogen and oxygen atoms in total. The maximum absolute atomic E-state index is 13.2. The predicted octanol–water partition coefficient (Wildman–Crippen LogP) is 3.81. The molecule has 3 heterocycles. The Morgan fingerprint density at radius 1 is 1.32 bits per heavy atom. The van der Waals surface area contributed by atoms with Crippen molar-refractivity contribution in [3.63, 3.8) is 0 Å². The number of nitrogens with zero attached hydrogens (tertiary/aromatic N) is 4. The smallest absolute Gasteiger partial charge is 0.407 e. The van der Waals surface area contributed by atoms with Crippen LogP contribution in [0.1, 0.15) is 47.3 Å². The molecule has 1 aliphatic heterocycles. The molecule has 1 aromatic carbocycles. The number of carbonyl (C=O) groups is 1. The fraction of sp³-hybridized carbons (Fsp3) is 0.450. The molecule has 8 heteroatoms. The Morgan fingerprint density at radius 2 is 2.00 bits per heavy atom. The van der Waals surface area contributed by atoms with Gasteiger partial charge in [-0.25, -0.2) is 9.78 Å². The number of piperidine rings is 1. The van der Waals surface area contributed by atoms with Gasteiger partial charge in [-0.05, 0) is 43.9 Å². The molecule has 1 N–H and O–H groups in total. The van der Waals surface area contributed by atoms with E-state index in [9.17, 15) is 14.7 Å². The monoisotopic (exact) mass is 446 g/mol. The van der Waals surface area contributed by atoms with Crippen molar-refractivity contribution < 1.29 is 9.90 Å². The quantitative estimate of drug-likeness (QED) is 0.606. The van der Waals surface area contributed by atoms with Crippen molar-refractivity contribution >= 4 is 38.6 Å². The van der Waals surface area contributed by atoms with E-state index in [2.05, 4.69) is 33.9 Å². The van der Waals surface area contributed by atoms with Crippen molar-refractivity contribution in [3.05, 3.63) is 45.6 Å². The zero-order valence-electron chi connectivity index (χ0n) is 16.1. The number of hydrogen-bond acceptors (Lipinski definition) is 3. The van der Waals surface area contributed by atoms with Crippen molar-refractivity contribution in [3.8, 4) is 0 Å². The summed E-state index contributed by atoms with van der Waals surface area (Å²) in [4.78, 5) is 30.6. The van der Waals surface area contributed by atoms with Gasteiger partial charge in [0.05, 0.1) is 16.6 Å². The fourth-order valence-electron chi connectivity index (χ4n) is 4.30. The van der Waals surface area contributed by atoms with Gasteiger partial charge in [0.2, 0.25) is 0 Å². The lowest BCUT2D eigenvalue weighted by Crippen LogP contribution is -2.37. The van der Waals surface area contributed by atoms with Gasteiger partial charge in [-0.3, -0.25) is 13.8 Å². The van der Waals surface area contributed by atoms with E-state index >= 15 is 0 Å². The molecule has 0 aliphatic carbocycles. The lowest BCUT2D eigenvalue weighted by molar-refractivity contribution is 0.132. The first-order valence-corrected chi connectivity index (χ1v) is 10.3. The number of hydrogen-bond donors (Lipinski definition) is 1. The molecule has 0 radical (unpaired) electrons. The van der Waals surface area contributed by atoms with Gasteiger partial charge in [-0.1, -0.05) is 22.0 Å². The molecular formula is C20H23BrN4O3. The Balaban J connectivity index is 1.93. The summed E-state index contributed by atoms with van der Waals surface area (Å²) in [6, 6.07) is 4.03. The number of aromatic nitrogens is 3. The summed E-state index contributed by atoms with van der Waals surface area (Å²) in [6.07, 6.45) is 2.34. The predicted molar refractivity (Wildman–Crippen MR) is 112 cm³/mol. The summed E-state index contributed by atoms with van der Waals surface area (Å²) in [5.41, 5.74) is 4.62. The first-order valence-electron chi connectivity index (χ1n) is 9.41. The highest BCUT2D eigenvalue weighted by Gasteiger charge is 2.28. The zero-order valence-corrected chi connectivity index (χ0v) is 17.7. The number of fused-ring (bicyclic) bond motifs is 3. The Kier molecular flexibility index (Phi) is 4.69. The lowest BCUT2D eigenvalue weighted by atomic mass is 9.93. The largest absolute Gasteiger partial charge is 0.465 e. The molecule has 1 aliphatic rings. The standard InChI is InChI=1S/C20H23BrN4O3/c1-11-8-14(12(2)21)17-15(9-11)19(26)23(3)18-16(22-10-25(17)18)13-4-6-24(7-5-13)20(27)28/h8-10,12-13H,4-7H2,1-3H3,(H,27,28)/t12-/m0/s1. The topological polar surface area (TPSA) is 79.8 Å². The minimum absolute atomic E-state index is 0.0367. The van der Waals surface area contributed by atoms with Crippen molar-refractivity contribution in [2.75, 3.05) is 13.1 Å². The highest BCUT2D eigenvalue weighted by atomic mass is 79.9. The summed E-state index contributed by atoms with van der Waals surface area (Å²) >= 11 is 3.67. The third kappa shape index (κ3) is 2.90. The molecule has 1 amide bonds. The van der Waals surface area contributed by atoms with E-state index in [-0.39, 0.29) is 16.3 Å². The summed E-state index contributed by atoms with van der Waals surface area (Å²) in [7, 11) is 1.79. The molecule has 3 aromatic rings. The molecule has 1 atom stereocenters.